The molecule has 27 heavy (non-hydrogen) atoms. The molecule has 0 atom stereocenters. The minimum absolute atomic E-state index is 0.0191. The van der Waals surface area contributed by atoms with E-state index < -0.39 is 0 Å². The number of aliphatic imine (C=N–C) groups is 1. The molecule has 0 heterocycles. The number of anilines is 1. The molecule has 0 aromatic heterocycles. The second kappa shape index (κ2) is 8.81. The highest BCUT2D eigenvalue weighted by Gasteiger charge is 2.15. The van der Waals surface area contributed by atoms with Gasteiger partial charge in [0.2, 0.25) is 0 Å². The van der Waals surface area contributed by atoms with Crippen molar-refractivity contribution in [2.75, 3.05) is 18.6 Å². The molecule has 3 rings (SSSR count). The highest BCUT2D eigenvalue weighted by atomic mass is 16.5. The van der Waals surface area contributed by atoms with Crippen LogP contribution in [0.2, 0.25) is 0 Å². The van der Waals surface area contributed by atoms with Gasteiger partial charge < -0.3 is 9.64 Å². The first-order chi connectivity index (χ1) is 13.2. The van der Waals surface area contributed by atoms with Gasteiger partial charge in [0.1, 0.15) is 5.75 Å². The molecule has 0 unspecified atom stereocenters. The summed E-state index contributed by atoms with van der Waals surface area (Å²) in [6.07, 6.45) is 1.79. The molecular formula is C23H22N2O2. The maximum atomic E-state index is 12.8. The van der Waals surface area contributed by atoms with Gasteiger partial charge in [-0.25, -0.2) is 0 Å². The number of carbonyl (C=O) groups excluding carboxylic acids is 1. The van der Waals surface area contributed by atoms with Crippen molar-refractivity contribution in [2.45, 2.75) is 6.92 Å². The SMILES string of the molecule is CCN(C(=O)c1ccc(N=Cc2ccc(OC)cc2)cc1)c1ccccc1. The van der Waals surface area contributed by atoms with Gasteiger partial charge in [0.05, 0.1) is 12.8 Å². The third kappa shape index (κ3) is 4.61. The molecule has 136 valence electrons. The van der Waals surface area contributed by atoms with Crippen LogP contribution in [0.5, 0.6) is 5.75 Å². The average molecular weight is 358 g/mol. The first kappa shape index (κ1) is 18.4. The van der Waals surface area contributed by atoms with Crippen LogP contribution in [0, 0.1) is 0 Å². The quantitative estimate of drug-likeness (QED) is 0.575. The predicted octanol–water partition coefficient (Wildman–Crippen LogP) is 5.11. The highest BCUT2D eigenvalue weighted by Crippen LogP contribution is 2.19. The number of amides is 1. The number of hydrogen-bond donors (Lipinski definition) is 0. The fourth-order valence-corrected chi connectivity index (χ4v) is 2.74. The number of hydrogen-bond acceptors (Lipinski definition) is 3. The van der Waals surface area contributed by atoms with Crippen LogP contribution in [-0.2, 0) is 0 Å². The molecule has 0 bridgehead atoms. The fraction of sp³-hybridized carbons (Fsp3) is 0.130. The number of methoxy groups -OCH3 is 1. The van der Waals surface area contributed by atoms with Crippen molar-refractivity contribution in [1.82, 2.24) is 0 Å². The highest BCUT2D eigenvalue weighted by molar-refractivity contribution is 6.06. The van der Waals surface area contributed by atoms with Gasteiger partial charge in [-0.15, -0.1) is 0 Å². The summed E-state index contributed by atoms with van der Waals surface area (Å²) in [5.74, 6) is 0.795. The van der Waals surface area contributed by atoms with Crippen molar-refractivity contribution in [1.29, 1.82) is 0 Å². The molecular weight excluding hydrogens is 336 g/mol. The molecule has 0 aliphatic carbocycles. The molecule has 0 saturated carbocycles. The zero-order valence-electron chi connectivity index (χ0n) is 15.5. The van der Waals surface area contributed by atoms with Crippen LogP contribution in [0.4, 0.5) is 11.4 Å². The van der Waals surface area contributed by atoms with Gasteiger partial charge in [-0.05, 0) is 73.2 Å². The Morgan fingerprint density at radius 1 is 0.963 bits per heavy atom. The number of carbonyl (C=O) groups is 1. The van der Waals surface area contributed by atoms with Crippen molar-refractivity contribution in [2.24, 2.45) is 4.99 Å². The van der Waals surface area contributed by atoms with Crippen LogP contribution in [0.3, 0.4) is 0 Å². The monoisotopic (exact) mass is 358 g/mol. The van der Waals surface area contributed by atoms with Crippen LogP contribution in [-0.4, -0.2) is 25.8 Å². The maximum absolute atomic E-state index is 12.8. The normalized spacial score (nSPS) is 10.7. The van der Waals surface area contributed by atoms with Crippen molar-refractivity contribution < 1.29 is 9.53 Å². The summed E-state index contributed by atoms with van der Waals surface area (Å²) in [6.45, 7) is 2.58. The molecule has 0 fully saturated rings. The Labute approximate surface area is 159 Å². The maximum Gasteiger partial charge on any atom is 0.258 e. The number of para-hydroxylation sites is 1. The second-order valence-electron chi connectivity index (χ2n) is 5.96. The smallest absolute Gasteiger partial charge is 0.258 e. The first-order valence-corrected chi connectivity index (χ1v) is 8.86. The standard InChI is InChI=1S/C23H22N2O2/c1-3-25(21-7-5-4-6-8-21)23(26)19-11-13-20(14-12-19)24-17-18-9-15-22(27-2)16-10-18/h4-17H,3H2,1-2H3. The summed E-state index contributed by atoms with van der Waals surface area (Å²) in [7, 11) is 1.64. The molecule has 0 aliphatic heterocycles. The summed E-state index contributed by atoms with van der Waals surface area (Å²) in [6, 6.07) is 24.7. The average Bonchev–Trinajstić information content (AvgIpc) is 2.74. The van der Waals surface area contributed by atoms with E-state index in [1.54, 1.807) is 18.2 Å². The van der Waals surface area contributed by atoms with E-state index in [2.05, 4.69) is 4.99 Å². The van der Waals surface area contributed by atoms with Gasteiger partial charge in [-0.3, -0.25) is 9.79 Å². The Balaban J connectivity index is 1.72. The minimum atomic E-state index is -0.0191. The van der Waals surface area contributed by atoms with Gasteiger partial charge in [0.15, 0.2) is 0 Å². The molecule has 0 N–H and O–H groups in total. The lowest BCUT2D eigenvalue weighted by molar-refractivity contribution is 0.0988. The van der Waals surface area contributed by atoms with Crippen LogP contribution < -0.4 is 9.64 Å². The van der Waals surface area contributed by atoms with E-state index in [1.807, 2.05) is 85.8 Å². The number of nitrogens with zero attached hydrogens (tertiary/aromatic N) is 2. The topological polar surface area (TPSA) is 41.9 Å². The number of ether oxygens (including phenoxy) is 1. The Kier molecular flexibility index (Phi) is 6.00. The summed E-state index contributed by atoms with van der Waals surface area (Å²) in [5, 5.41) is 0. The summed E-state index contributed by atoms with van der Waals surface area (Å²) < 4.78 is 5.15. The van der Waals surface area contributed by atoms with Crippen molar-refractivity contribution in [3.8, 4) is 5.75 Å². The van der Waals surface area contributed by atoms with Gasteiger partial charge in [-0.1, -0.05) is 18.2 Å². The van der Waals surface area contributed by atoms with Gasteiger partial charge in [0.25, 0.3) is 5.91 Å². The molecule has 0 aliphatic rings. The molecule has 0 spiro atoms. The van der Waals surface area contributed by atoms with Crippen LogP contribution in [0.25, 0.3) is 0 Å². The lowest BCUT2D eigenvalue weighted by atomic mass is 10.1. The van der Waals surface area contributed by atoms with E-state index in [0.717, 1.165) is 22.7 Å². The van der Waals surface area contributed by atoms with Gasteiger partial charge in [-0.2, -0.15) is 0 Å². The lowest BCUT2D eigenvalue weighted by Gasteiger charge is -2.21. The predicted molar refractivity (Wildman–Crippen MR) is 110 cm³/mol. The minimum Gasteiger partial charge on any atom is -0.497 e. The Hall–Kier alpha value is -3.40. The largest absolute Gasteiger partial charge is 0.497 e. The Bertz CT molecular complexity index is 901. The Morgan fingerprint density at radius 2 is 1.63 bits per heavy atom. The molecule has 1 amide bonds. The molecule has 0 radical (unpaired) electrons. The number of benzene rings is 3. The van der Waals surface area contributed by atoms with E-state index in [-0.39, 0.29) is 5.91 Å². The van der Waals surface area contributed by atoms with Crippen molar-refractivity contribution in [3.63, 3.8) is 0 Å². The summed E-state index contributed by atoms with van der Waals surface area (Å²) in [4.78, 5) is 19.0. The van der Waals surface area contributed by atoms with Crippen molar-refractivity contribution >= 4 is 23.5 Å². The van der Waals surface area contributed by atoms with Gasteiger partial charge >= 0.3 is 0 Å². The zero-order chi connectivity index (χ0) is 19.1. The van der Waals surface area contributed by atoms with Crippen LogP contribution in [0.15, 0.2) is 83.9 Å². The second-order valence-corrected chi connectivity index (χ2v) is 5.96. The van der Waals surface area contributed by atoms with E-state index in [4.69, 9.17) is 4.74 Å². The Morgan fingerprint density at radius 3 is 2.22 bits per heavy atom. The summed E-state index contributed by atoms with van der Waals surface area (Å²) >= 11 is 0. The molecule has 4 heteroatoms. The molecule has 4 nitrogen and oxygen atoms in total. The third-order valence-electron chi connectivity index (χ3n) is 4.22. The first-order valence-electron chi connectivity index (χ1n) is 8.86. The van der Waals surface area contributed by atoms with E-state index >= 15 is 0 Å². The van der Waals surface area contributed by atoms with E-state index in [9.17, 15) is 4.79 Å². The van der Waals surface area contributed by atoms with E-state index in [0.29, 0.717) is 12.1 Å². The van der Waals surface area contributed by atoms with Crippen LogP contribution >= 0.6 is 0 Å². The molecule has 3 aromatic carbocycles. The third-order valence-corrected chi connectivity index (χ3v) is 4.22. The number of rotatable bonds is 6. The summed E-state index contributed by atoms with van der Waals surface area (Å²) in [5.41, 5.74) is 3.32. The van der Waals surface area contributed by atoms with Crippen molar-refractivity contribution in [3.05, 3.63) is 90.0 Å². The van der Waals surface area contributed by atoms with Gasteiger partial charge in [0, 0.05) is 24.0 Å². The molecule has 0 saturated heterocycles. The fourth-order valence-electron chi connectivity index (χ4n) is 2.74. The lowest BCUT2D eigenvalue weighted by Crippen LogP contribution is -2.30. The molecule has 3 aromatic rings. The zero-order valence-corrected chi connectivity index (χ0v) is 15.5. The van der Waals surface area contributed by atoms with E-state index in [1.165, 1.54) is 0 Å². The van der Waals surface area contributed by atoms with Crippen LogP contribution in [0.1, 0.15) is 22.8 Å².